The van der Waals surface area contributed by atoms with Crippen LogP contribution in [-0.2, 0) is 11.2 Å². The number of ether oxygens (including phenoxy) is 1. The lowest BCUT2D eigenvalue weighted by Crippen LogP contribution is -2.31. The van der Waals surface area contributed by atoms with Crippen molar-refractivity contribution in [2.45, 2.75) is 49.9 Å². The summed E-state index contributed by atoms with van der Waals surface area (Å²) in [6.07, 6.45) is 2.02. The second kappa shape index (κ2) is 10.1. The van der Waals surface area contributed by atoms with Crippen molar-refractivity contribution >= 4 is 17.7 Å². The molecular weight excluding hydrogens is 330 g/mol. The minimum Gasteiger partial charge on any atom is -0.491 e. The van der Waals surface area contributed by atoms with Crippen molar-refractivity contribution in [3.63, 3.8) is 0 Å². The molecular formula is C21H27NO2S. The van der Waals surface area contributed by atoms with Crippen LogP contribution in [0.25, 0.3) is 0 Å². The first-order chi connectivity index (χ1) is 12.0. The lowest BCUT2D eigenvalue weighted by atomic mass is 10.1. The van der Waals surface area contributed by atoms with Crippen molar-refractivity contribution in [1.82, 2.24) is 5.32 Å². The Bertz CT molecular complexity index is 658. The van der Waals surface area contributed by atoms with Crippen LogP contribution in [0.15, 0.2) is 59.5 Å². The molecule has 4 heteroatoms. The van der Waals surface area contributed by atoms with Gasteiger partial charge in [0.25, 0.3) is 0 Å². The van der Waals surface area contributed by atoms with E-state index in [1.165, 1.54) is 5.56 Å². The van der Waals surface area contributed by atoms with Crippen molar-refractivity contribution in [2.24, 2.45) is 0 Å². The van der Waals surface area contributed by atoms with Crippen molar-refractivity contribution in [3.8, 4) is 5.75 Å². The number of benzene rings is 2. The number of hydrogen-bond donors (Lipinski definition) is 1. The summed E-state index contributed by atoms with van der Waals surface area (Å²) in [4.78, 5) is 13.3. The van der Waals surface area contributed by atoms with Crippen LogP contribution in [0.3, 0.4) is 0 Å². The van der Waals surface area contributed by atoms with Crippen molar-refractivity contribution in [1.29, 1.82) is 0 Å². The van der Waals surface area contributed by atoms with Crippen LogP contribution in [0.5, 0.6) is 5.75 Å². The van der Waals surface area contributed by atoms with E-state index in [2.05, 4.69) is 17.4 Å². The van der Waals surface area contributed by atoms with Crippen LogP contribution < -0.4 is 10.1 Å². The number of hydrogen-bond acceptors (Lipinski definition) is 3. The molecule has 0 aromatic heterocycles. The SMILES string of the molecule is CC(C)Oc1cccc(CCCNC(=O)C(C)Sc2ccccc2)c1. The maximum absolute atomic E-state index is 12.2. The zero-order chi connectivity index (χ0) is 18.1. The number of aryl methyl sites for hydroxylation is 1. The highest BCUT2D eigenvalue weighted by Crippen LogP contribution is 2.22. The van der Waals surface area contributed by atoms with Gasteiger partial charge in [-0.25, -0.2) is 0 Å². The molecule has 0 aliphatic rings. The summed E-state index contributed by atoms with van der Waals surface area (Å²) in [5, 5.41) is 2.94. The molecule has 0 radical (unpaired) electrons. The number of rotatable bonds is 9. The predicted molar refractivity (Wildman–Crippen MR) is 105 cm³/mol. The van der Waals surface area contributed by atoms with E-state index in [4.69, 9.17) is 4.74 Å². The predicted octanol–water partition coefficient (Wildman–Crippen LogP) is 4.70. The van der Waals surface area contributed by atoms with Crippen LogP contribution in [0.4, 0.5) is 0 Å². The molecule has 2 aromatic rings. The molecule has 1 N–H and O–H groups in total. The van der Waals surface area contributed by atoms with E-state index in [0.29, 0.717) is 6.54 Å². The number of nitrogens with one attached hydrogen (secondary N) is 1. The van der Waals surface area contributed by atoms with Crippen LogP contribution in [-0.4, -0.2) is 23.8 Å². The smallest absolute Gasteiger partial charge is 0.233 e. The maximum atomic E-state index is 12.2. The van der Waals surface area contributed by atoms with Crippen LogP contribution >= 0.6 is 11.8 Å². The number of carbonyl (C=O) groups is 1. The van der Waals surface area contributed by atoms with Gasteiger partial charge in [0.05, 0.1) is 11.4 Å². The molecule has 0 saturated carbocycles. The van der Waals surface area contributed by atoms with Gasteiger partial charge in [-0.1, -0.05) is 30.3 Å². The highest BCUT2D eigenvalue weighted by Gasteiger charge is 2.13. The Kier molecular flexibility index (Phi) is 7.86. The Balaban J connectivity index is 1.71. The normalized spacial score (nSPS) is 12.0. The second-order valence-corrected chi connectivity index (χ2v) is 7.70. The topological polar surface area (TPSA) is 38.3 Å². The summed E-state index contributed by atoms with van der Waals surface area (Å²) in [7, 11) is 0. The molecule has 0 aliphatic heterocycles. The quantitative estimate of drug-likeness (QED) is 0.522. The van der Waals surface area contributed by atoms with Crippen molar-refractivity contribution in [3.05, 3.63) is 60.2 Å². The van der Waals surface area contributed by atoms with Gasteiger partial charge in [-0.05, 0) is 63.4 Å². The summed E-state index contributed by atoms with van der Waals surface area (Å²) in [6.45, 7) is 6.68. The van der Waals surface area contributed by atoms with E-state index in [9.17, 15) is 4.79 Å². The maximum Gasteiger partial charge on any atom is 0.233 e. The molecule has 0 spiro atoms. The Morgan fingerprint density at radius 1 is 1.08 bits per heavy atom. The third kappa shape index (κ3) is 7.22. The molecule has 0 aliphatic carbocycles. The summed E-state index contributed by atoms with van der Waals surface area (Å²) in [5.41, 5.74) is 1.24. The van der Waals surface area contributed by atoms with E-state index in [-0.39, 0.29) is 17.3 Å². The van der Waals surface area contributed by atoms with Gasteiger partial charge < -0.3 is 10.1 Å². The average Bonchev–Trinajstić information content (AvgIpc) is 2.59. The molecule has 3 nitrogen and oxygen atoms in total. The molecule has 2 rings (SSSR count). The fourth-order valence-electron chi connectivity index (χ4n) is 2.45. The lowest BCUT2D eigenvalue weighted by molar-refractivity contribution is -0.120. The molecule has 0 saturated heterocycles. The summed E-state index contributed by atoms with van der Waals surface area (Å²) in [6, 6.07) is 18.2. The fourth-order valence-corrected chi connectivity index (χ4v) is 3.36. The van der Waals surface area contributed by atoms with Crippen LogP contribution in [0.2, 0.25) is 0 Å². The largest absolute Gasteiger partial charge is 0.491 e. The van der Waals surface area contributed by atoms with E-state index in [1.807, 2.05) is 63.2 Å². The zero-order valence-electron chi connectivity index (χ0n) is 15.2. The molecule has 1 amide bonds. The molecule has 25 heavy (non-hydrogen) atoms. The molecule has 2 aromatic carbocycles. The molecule has 0 heterocycles. The summed E-state index contributed by atoms with van der Waals surface area (Å²) < 4.78 is 5.71. The van der Waals surface area contributed by atoms with Gasteiger partial charge in [0.1, 0.15) is 5.75 Å². The third-order valence-corrected chi connectivity index (χ3v) is 4.75. The fraction of sp³-hybridized carbons (Fsp3) is 0.381. The first kappa shape index (κ1) is 19.4. The first-order valence-corrected chi connectivity index (χ1v) is 9.67. The van der Waals surface area contributed by atoms with Crippen LogP contribution in [0.1, 0.15) is 32.8 Å². The van der Waals surface area contributed by atoms with E-state index < -0.39 is 0 Å². The molecule has 0 fully saturated rings. The first-order valence-electron chi connectivity index (χ1n) is 8.79. The van der Waals surface area contributed by atoms with E-state index in [0.717, 1.165) is 23.5 Å². The minimum atomic E-state index is -0.0924. The van der Waals surface area contributed by atoms with Gasteiger partial charge in [-0.3, -0.25) is 4.79 Å². The molecule has 1 unspecified atom stereocenters. The van der Waals surface area contributed by atoms with Crippen molar-refractivity contribution < 1.29 is 9.53 Å². The number of thioether (sulfide) groups is 1. The minimum absolute atomic E-state index is 0.0887. The third-order valence-electron chi connectivity index (χ3n) is 3.64. The monoisotopic (exact) mass is 357 g/mol. The molecule has 1 atom stereocenters. The van der Waals surface area contributed by atoms with E-state index in [1.54, 1.807) is 11.8 Å². The van der Waals surface area contributed by atoms with Gasteiger partial charge in [0, 0.05) is 11.4 Å². The average molecular weight is 358 g/mol. The molecule has 0 bridgehead atoms. The standard InChI is InChI=1S/C21H27NO2S/c1-16(2)24-19-11-7-9-18(15-19)10-8-14-22-21(23)17(3)25-20-12-5-4-6-13-20/h4-7,9,11-13,15-17H,8,10,14H2,1-3H3,(H,22,23). The number of carbonyl (C=O) groups excluding carboxylic acids is 1. The van der Waals surface area contributed by atoms with Gasteiger partial charge >= 0.3 is 0 Å². The number of amides is 1. The Morgan fingerprint density at radius 3 is 2.56 bits per heavy atom. The van der Waals surface area contributed by atoms with Gasteiger partial charge in [0.2, 0.25) is 5.91 Å². The van der Waals surface area contributed by atoms with Gasteiger partial charge in [0.15, 0.2) is 0 Å². The summed E-state index contributed by atoms with van der Waals surface area (Å²) >= 11 is 1.59. The van der Waals surface area contributed by atoms with Gasteiger partial charge in [-0.15, -0.1) is 11.8 Å². The highest BCUT2D eigenvalue weighted by atomic mass is 32.2. The molecule has 134 valence electrons. The Morgan fingerprint density at radius 2 is 1.84 bits per heavy atom. The lowest BCUT2D eigenvalue weighted by Gasteiger charge is -2.13. The van der Waals surface area contributed by atoms with Crippen molar-refractivity contribution in [2.75, 3.05) is 6.54 Å². The Hall–Kier alpha value is -1.94. The Labute approximate surface area is 155 Å². The zero-order valence-corrected chi connectivity index (χ0v) is 16.0. The second-order valence-electron chi connectivity index (χ2n) is 6.28. The van der Waals surface area contributed by atoms with Gasteiger partial charge in [-0.2, -0.15) is 0 Å². The van der Waals surface area contributed by atoms with E-state index >= 15 is 0 Å². The van der Waals surface area contributed by atoms with Crippen LogP contribution in [0, 0.1) is 0 Å². The highest BCUT2D eigenvalue weighted by molar-refractivity contribution is 8.00. The summed E-state index contributed by atoms with van der Waals surface area (Å²) in [5.74, 6) is 0.996.